The van der Waals surface area contributed by atoms with Crippen LogP contribution in [0.1, 0.15) is 46.5 Å². The van der Waals surface area contributed by atoms with E-state index in [-0.39, 0.29) is 12.1 Å². The van der Waals surface area contributed by atoms with E-state index in [1.165, 1.54) is 0 Å². The maximum Gasteiger partial charge on any atom is 0.407 e. The highest BCUT2D eigenvalue weighted by atomic mass is 16.6. The molecule has 2 N–H and O–H groups in total. The summed E-state index contributed by atoms with van der Waals surface area (Å²) in [6.45, 7) is 7.29. The number of aromatic nitrogens is 3. The summed E-state index contributed by atoms with van der Waals surface area (Å²) in [4.78, 5) is 11.8. The minimum absolute atomic E-state index is 0.187. The molecule has 1 aliphatic carbocycles. The summed E-state index contributed by atoms with van der Waals surface area (Å²) in [5, 5.41) is 14.2. The Morgan fingerprint density at radius 2 is 2.14 bits per heavy atom. The van der Waals surface area contributed by atoms with Gasteiger partial charge in [-0.25, -0.2) is 4.79 Å². The van der Waals surface area contributed by atoms with Crippen LogP contribution in [0.5, 0.6) is 0 Å². The van der Waals surface area contributed by atoms with Gasteiger partial charge in [0.25, 0.3) is 0 Å². The van der Waals surface area contributed by atoms with Gasteiger partial charge in [0.1, 0.15) is 5.60 Å². The molecule has 1 aromatic rings. The van der Waals surface area contributed by atoms with Gasteiger partial charge in [-0.2, -0.15) is 0 Å². The third-order valence-corrected chi connectivity index (χ3v) is 3.64. The molecule has 2 unspecified atom stereocenters. The Hall–Kier alpha value is -1.63. The van der Waals surface area contributed by atoms with Crippen LogP contribution >= 0.6 is 0 Å². The summed E-state index contributed by atoms with van der Waals surface area (Å²) in [5.74, 6) is 0. The first-order chi connectivity index (χ1) is 10.4. The van der Waals surface area contributed by atoms with Gasteiger partial charge in [0.15, 0.2) is 0 Å². The van der Waals surface area contributed by atoms with Gasteiger partial charge in [0.05, 0.1) is 12.7 Å². The molecule has 124 valence electrons. The highest BCUT2D eigenvalue weighted by Gasteiger charge is 2.25. The van der Waals surface area contributed by atoms with Crippen molar-refractivity contribution in [3.63, 3.8) is 0 Å². The summed E-state index contributed by atoms with van der Waals surface area (Å²) < 4.78 is 7.13. The Balaban J connectivity index is 1.68. The molecule has 7 nitrogen and oxygen atoms in total. The van der Waals surface area contributed by atoms with E-state index in [2.05, 4.69) is 20.9 Å². The summed E-state index contributed by atoms with van der Waals surface area (Å²) >= 11 is 0. The Morgan fingerprint density at radius 3 is 2.82 bits per heavy atom. The van der Waals surface area contributed by atoms with Gasteiger partial charge in [0, 0.05) is 24.8 Å². The quantitative estimate of drug-likeness (QED) is 0.865. The lowest BCUT2D eigenvalue weighted by molar-refractivity contribution is 0.0488. The average molecular weight is 309 g/mol. The number of carbonyl (C=O) groups excluding carboxylic acids is 1. The number of nitrogens with one attached hydrogen (secondary N) is 2. The predicted octanol–water partition coefficient (Wildman–Crippen LogP) is 1.70. The smallest absolute Gasteiger partial charge is 0.407 e. The SMILES string of the molecule is CC(C)(C)OC(=O)NC1CCCC(NCCn2ccnn2)C1. The Labute approximate surface area is 131 Å². The van der Waals surface area contributed by atoms with Gasteiger partial charge < -0.3 is 15.4 Å². The van der Waals surface area contributed by atoms with Crippen molar-refractivity contribution in [2.45, 2.75) is 70.7 Å². The fraction of sp³-hybridized carbons (Fsp3) is 0.800. The zero-order chi connectivity index (χ0) is 16.0. The Kier molecular flexibility index (Phi) is 5.76. The van der Waals surface area contributed by atoms with Crippen molar-refractivity contribution >= 4 is 6.09 Å². The van der Waals surface area contributed by atoms with Gasteiger partial charge in [-0.1, -0.05) is 5.21 Å². The number of ether oxygens (including phenoxy) is 1. The molecule has 1 aromatic heterocycles. The summed E-state index contributed by atoms with van der Waals surface area (Å²) in [6.07, 6.45) is 7.43. The number of hydrogen-bond acceptors (Lipinski definition) is 5. The molecule has 7 heteroatoms. The second-order valence-electron chi connectivity index (χ2n) is 6.83. The maximum atomic E-state index is 11.8. The molecule has 0 spiro atoms. The van der Waals surface area contributed by atoms with E-state index in [1.54, 1.807) is 6.20 Å². The first-order valence-corrected chi connectivity index (χ1v) is 7.99. The fourth-order valence-corrected chi connectivity index (χ4v) is 2.72. The lowest BCUT2D eigenvalue weighted by Crippen LogP contribution is -2.46. The van der Waals surface area contributed by atoms with Crippen LogP contribution in [-0.2, 0) is 11.3 Å². The number of rotatable bonds is 5. The third-order valence-electron chi connectivity index (χ3n) is 3.64. The van der Waals surface area contributed by atoms with Crippen LogP contribution in [0, 0.1) is 0 Å². The van der Waals surface area contributed by atoms with Crippen LogP contribution in [0.25, 0.3) is 0 Å². The number of hydrogen-bond donors (Lipinski definition) is 2. The highest BCUT2D eigenvalue weighted by Crippen LogP contribution is 2.19. The zero-order valence-electron chi connectivity index (χ0n) is 13.7. The van der Waals surface area contributed by atoms with Crippen molar-refractivity contribution in [1.82, 2.24) is 25.6 Å². The lowest BCUT2D eigenvalue weighted by atomic mass is 9.91. The van der Waals surface area contributed by atoms with Crippen LogP contribution in [0.4, 0.5) is 4.79 Å². The summed E-state index contributed by atoms with van der Waals surface area (Å²) in [5.41, 5.74) is -0.450. The molecule has 1 heterocycles. The van der Waals surface area contributed by atoms with Gasteiger partial charge >= 0.3 is 6.09 Å². The van der Waals surface area contributed by atoms with Crippen LogP contribution < -0.4 is 10.6 Å². The van der Waals surface area contributed by atoms with Crippen molar-refractivity contribution in [3.8, 4) is 0 Å². The zero-order valence-corrected chi connectivity index (χ0v) is 13.7. The van der Waals surface area contributed by atoms with Crippen LogP contribution in [0.2, 0.25) is 0 Å². The lowest BCUT2D eigenvalue weighted by Gasteiger charge is -2.31. The van der Waals surface area contributed by atoms with E-state index in [4.69, 9.17) is 4.74 Å². The molecule has 0 aromatic carbocycles. The van der Waals surface area contributed by atoms with Crippen LogP contribution in [-0.4, -0.2) is 45.3 Å². The molecule has 1 saturated carbocycles. The van der Waals surface area contributed by atoms with E-state index >= 15 is 0 Å². The maximum absolute atomic E-state index is 11.8. The molecule has 0 bridgehead atoms. The first kappa shape index (κ1) is 16.7. The van der Waals surface area contributed by atoms with E-state index in [0.717, 1.165) is 38.8 Å². The number of nitrogens with zero attached hydrogens (tertiary/aromatic N) is 3. The van der Waals surface area contributed by atoms with Gasteiger partial charge in [-0.15, -0.1) is 5.10 Å². The number of carbonyl (C=O) groups is 1. The standard InChI is InChI=1S/C15H27N5O2/c1-15(2,3)22-14(21)18-13-6-4-5-12(11-13)16-7-9-20-10-8-17-19-20/h8,10,12-13,16H,4-7,9,11H2,1-3H3,(H,18,21). The topological polar surface area (TPSA) is 81.1 Å². The normalized spacial score (nSPS) is 22.3. The molecule has 0 saturated heterocycles. The fourth-order valence-electron chi connectivity index (χ4n) is 2.72. The molecule has 2 atom stereocenters. The molecule has 1 aliphatic rings. The van der Waals surface area contributed by atoms with Crippen molar-refractivity contribution in [2.24, 2.45) is 0 Å². The highest BCUT2D eigenvalue weighted by molar-refractivity contribution is 5.68. The van der Waals surface area contributed by atoms with Gasteiger partial charge in [-0.05, 0) is 46.5 Å². The molecule has 0 aliphatic heterocycles. The van der Waals surface area contributed by atoms with Crippen LogP contribution in [0.3, 0.4) is 0 Å². The molecular weight excluding hydrogens is 282 g/mol. The molecule has 1 fully saturated rings. The van der Waals surface area contributed by atoms with Crippen molar-refractivity contribution in [1.29, 1.82) is 0 Å². The van der Waals surface area contributed by atoms with E-state index in [0.29, 0.717) is 6.04 Å². The molecule has 2 rings (SSSR count). The minimum atomic E-state index is -0.450. The van der Waals surface area contributed by atoms with E-state index in [1.807, 2.05) is 31.6 Å². The number of amides is 1. The van der Waals surface area contributed by atoms with Crippen molar-refractivity contribution < 1.29 is 9.53 Å². The van der Waals surface area contributed by atoms with Crippen molar-refractivity contribution in [3.05, 3.63) is 12.4 Å². The second kappa shape index (κ2) is 7.58. The Bertz CT molecular complexity index is 455. The molecule has 0 radical (unpaired) electrons. The predicted molar refractivity (Wildman–Crippen MR) is 83.4 cm³/mol. The number of alkyl carbamates (subject to hydrolysis) is 1. The largest absolute Gasteiger partial charge is 0.444 e. The van der Waals surface area contributed by atoms with Gasteiger partial charge in [0.2, 0.25) is 0 Å². The Morgan fingerprint density at radius 1 is 1.36 bits per heavy atom. The summed E-state index contributed by atoms with van der Waals surface area (Å²) in [7, 11) is 0. The second-order valence-corrected chi connectivity index (χ2v) is 6.83. The monoisotopic (exact) mass is 309 g/mol. The molecule has 22 heavy (non-hydrogen) atoms. The van der Waals surface area contributed by atoms with Crippen LogP contribution in [0.15, 0.2) is 12.4 Å². The molecule has 1 amide bonds. The van der Waals surface area contributed by atoms with E-state index in [9.17, 15) is 4.79 Å². The summed E-state index contributed by atoms with van der Waals surface area (Å²) in [6, 6.07) is 0.615. The van der Waals surface area contributed by atoms with Gasteiger partial charge in [-0.3, -0.25) is 4.68 Å². The van der Waals surface area contributed by atoms with Crippen molar-refractivity contribution in [2.75, 3.05) is 6.54 Å². The first-order valence-electron chi connectivity index (χ1n) is 7.99. The van der Waals surface area contributed by atoms with E-state index < -0.39 is 5.60 Å². The average Bonchev–Trinajstić information content (AvgIpc) is 2.90. The molecular formula is C15H27N5O2. The minimum Gasteiger partial charge on any atom is -0.444 e. The third kappa shape index (κ3) is 6.01.